The van der Waals surface area contributed by atoms with E-state index in [-0.39, 0.29) is 0 Å². The number of allylic oxidation sites excluding steroid dienone is 1. The molecule has 0 radical (unpaired) electrons. The second kappa shape index (κ2) is 14.1. The highest BCUT2D eigenvalue weighted by Crippen LogP contribution is 2.23. The summed E-state index contributed by atoms with van der Waals surface area (Å²) in [4.78, 5) is 10.5. The standard InChI is InChI=1S/C23H33NO2/c1-2-3-4-5-6-8-12-20(13-9-7-10-16-23(25)26)17-21-14-11-15-22(18-21)19-24/h10-11,14-16,18,20H,2-9,12-13,17H2,1H3,(H,25,26)/t20-/m1/s1. The van der Waals surface area contributed by atoms with Crippen LogP contribution in [0.2, 0.25) is 0 Å². The van der Waals surface area contributed by atoms with Crippen LogP contribution in [0.25, 0.3) is 0 Å². The van der Waals surface area contributed by atoms with E-state index < -0.39 is 5.97 Å². The van der Waals surface area contributed by atoms with Gasteiger partial charge in [-0.3, -0.25) is 0 Å². The van der Waals surface area contributed by atoms with Gasteiger partial charge in [0.05, 0.1) is 11.6 Å². The predicted molar refractivity (Wildman–Crippen MR) is 107 cm³/mol. The molecule has 3 heteroatoms. The van der Waals surface area contributed by atoms with Gasteiger partial charge in [-0.05, 0) is 49.3 Å². The number of carboxylic acid groups (broad SMARTS) is 1. The fourth-order valence-electron chi connectivity index (χ4n) is 3.37. The molecule has 1 atom stereocenters. The first-order valence-corrected chi connectivity index (χ1v) is 10.0. The Balaban J connectivity index is 2.48. The van der Waals surface area contributed by atoms with Gasteiger partial charge in [-0.2, -0.15) is 5.26 Å². The van der Waals surface area contributed by atoms with Crippen LogP contribution in [0.15, 0.2) is 36.4 Å². The number of aliphatic carboxylic acids is 1. The van der Waals surface area contributed by atoms with Crippen molar-refractivity contribution in [1.29, 1.82) is 5.26 Å². The fraction of sp³-hybridized carbons (Fsp3) is 0.565. The lowest BCUT2D eigenvalue weighted by Gasteiger charge is -2.17. The normalized spacial score (nSPS) is 12.2. The highest BCUT2D eigenvalue weighted by atomic mass is 16.4. The molecule has 1 N–H and O–H groups in total. The van der Waals surface area contributed by atoms with Crippen molar-refractivity contribution in [3.05, 3.63) is 47.5 Å². The van der Waals surface area contributed by atoms with Gasteiger partial charge in [0.15, 0.2) is 0 Å². The summed E-state index contributed by atoms with van der Waals surface area (Å²) >= 11 is 0. The number of benzene rings is 1. The average Bonchev–Trinajstić information content (AvgIpc) is 2.63. The molecule has 0 amide bonds. The first kappa shape index (κ1) is 22.0. The Kier molecular flexibility index (Phi) is 11.9. The van der Waals surface area contributed by atoms with Crippen molar-refractivity contribution in [1.82, 2.24) is 0 Å². The van der Waals surface area contributed by atoms with Crippen molar-refractivity contribution in [3.8, 4) is 6.07 Å². The fourth-order valence-corrected chi connectivity index (χ4v) is 3.37. The van der Waals surface area contributed by atoms with Crippen LogP contribution in [0.5, 0.6) is 0 Å². The number of nitrogens with zero attached hydrogens (tertiary/aromatic N) is 1. The molecule has 0 aliphatic carbocycles. The predicted octanol–water partition coefficient (Wildman–Crippen LogP) is 6.28. The average molecular weight is 356 g/mol. The molecule has 0 aliphatic rings. The van der Waals surface area contributed by atoms with Gasteiger partial charge in [-0.25, -0.2) is 4.79 Å². The molecule has 0 bridgehead atoms. The summed E-state index contributed by atoms with van der Waals surface area (Å²) in [5.74, 6) is -0.268. The Morgan fingerprint density at radius 1 is 1.15 bits per heavy atom. The van der Waals surface area contributed by atoms with Gasteiger partial charge >= 0.3 is 5.97 Å². The maximum Gasteiger partial charge on any atom is 0.327 e. The third kappa shape index (κ3) is 10.7. The van der Waals surface area contributed by atoms with Crippen LogP contribution in [-0.2, 0) is 11.2 Å². The van der Waals surface area contributed by atoms with Gasteiger partial charge < -0.3 is 5.11 Å². The molecular weight excluding hydrogens is 322 g/mol. The first-order valence-electron chi connectivity index (χ1n) is 10.0. The Morgan fingerprint density at radius 2 is 1.88 bits per heavy atom. The number of hydrogen-bond donors (Lipinski definition) is 1. The molecule has 0 unspecified atom stereocenters. The zero-order valence-corrected chi connectivity index (χ0v) is 16.1. The summed E-state index contributed by atoms with van der Waals surface area (Å²) in [6, 6.07) is 10.1. The minimum absolute atomic E-state index is 0.605. The molecule has 1 aromatic carbocycles. The van der Waals surface area contributed by atoms with Crippen LogP contribution in [0.1, 0.15) is 82.3 Å². The molecule has 0 heterocycles. The van der Waals surface area contributed by atoms with Crippen LogP contribution in [0.4, 0.5) is 0 Å². The number of nitriles is 1. The highest BCUT2D eigenvalue weighted by molar-refractivity contribution is 5.79. The van der Waals surface area contributed by atoms with E-state index in [0.29, 0.717) is 5.92 Å². The number of unbranched alkanes of at least 4 members (excludes halogenated alkanes) is 6. The Morgan fingerprint density at radius 3 is 2.62 bits per heavy atom. The summed E-state index contributed by atoms with van der Waals surface area (Å²) in [7, 11) is 0. The number of hydrogen-bond acceptors (Lipinski definition) is 2. The zero-order chi connectivity index (χ0) is 19.0. The van der Waals surface area contributed by atoms with Gasteiger partial charge in [-0.1, -0.05) is 70.1 Å². The van der Waals surface area contributed by atoms with Crippen molar-refractivity contribution in [3.63, 3.8) is 0 Å². The minimum Gasteiger partial charge on any atom is -0.478 e. The summed E-state index contributed by atoms with van der Waals surface area (Å²) in [5, 5.41) is 17.7. The van der Waals surface area contributed by atoms with Crippen LogP contribution in [0, 0.1) is 17.2 Å². The lowest BCUT2D eigenvalue weighted by atomic mass is 9.88. The maximum absolute atomic E-state index is 10.5. The van der Waals surface area contributed by atoms with Crippen LogP contribution in [0.3, 0.4) is 0 Å². The molecule has 3 nitrogen and oxygen atoms in total. The van der Waals surface area contributed by atoms with Crippen molar-refractivity contribution >= 4 is 5.97 Å². The number of carbonyl (C=O) groups is 1. The van der Waals surface area contributed by atoms with Crippen molar-refractivity contribution in [2.75, 3.05) is 0 Å². The van der Waals surface area contributed by atoms with Gasteiger partial charge in [0, 0.05) is 6.08 Å². The molecule has 0 aromatic heterocycles. The summed E-state index contributed by atoms with van der Waals surface area (Å²) in [5.41, 5.74) is 1.96. The Bertz CT molecular complexity index is 586. The van der Waals surface area contributed by atoms with Gasteiger partial charge in [0.1, 0.15) is 0 Å². The van der Waals surface area contributed by atoms with E-state index in [0.717, 1.165) is 31.2 Å². The summed E-state index contributed by atoms with van der Waals surface area (Å²) < 4.78 is 0. The van der Waals surface area contributed by atoms with Gasteiger partial charge in [-0.15, -0.1) is 0 Å². The molecule has 0 saturated heterocycles. The van der Waals surface area contributed by atoms with E-state index in [1.54, 1.807) is 6.08 Å². The van der Waals surface area contributed by atoms with E-state index >= 15 is 0 Å². The molecule has 26 heavy (non-hydrogen) atoms. The summed E-state index contributed by atoms with van der Waals surface area (Å²) in [6.45, 7) is 2.24. The molecule has 1 rings (SSSR count). The molecule has 0 spiro atoms. The van der Waals surface area contributed by atoms with Crippen molar-refractivity contribution in [2.24, 2.45) is 5.92 Å². The molecule has 0 fully saturated rings. The molecule has 0 saturated carbocycles. The third-order valence-corrected chi connectivity index (χ3v) is 4.79. The van der Waals surface area contributed by atoms with E-state index in [2.05, 4.69) is 19.1 Å². The smallest absolute Gasteiger partial charge is 0.327 e. The maximum atomic E-state index is 10.5. The SMILES string of the molecule is CCCCCCCC[C@H](CCCC=CC(=O)O)Cc1cccc(C#N)c1. The van der Waals surface area contributed by atoms with Gasteiger partial charge in [0.2, 0.25) is 0 Å². The second-order valence-corrected chi connectivity index (χ2v) is 7.11. The molecule has 1 aromatic rings. The largest absolute Gasteiger partial charge is 0.478 e. The lowest BCUT2D eigenvalue weighted by molar-refractivity contribution is -0.131. The van der Waals surface area contributed by atoms with E-state index in [9.17, 15) is 4.79 Å². The third-order valence-electron chi connectivity index (χ3n) is 4.79. The molecule has 142 valence electrons. The minimum atomic E-state index is -0.873. The summed E-state index contributed by atoms with van der Waals surface area (Å²) in [6.07, 6.45) is 16.0. The van der Waals surface area contributed by atoms with Gasteiger partial charge in [0.25, 0.3) is 0 Å². The van der Waals surface area contributed by atoms with Crippen LogP contribution < -0.4 is 0 Å². The first-order chi connectivity index (χ1) is 12.7. The quantitative estimate of drug-likeness (QED) is 0.315. The Labute approximate surface area is 158 Å². The van der Waals surface area contributed by atoms with Crippen LogP contribution in [-0.4, -0.2) is 11.1 Å². The second-order valence-electron chi connectivity index (χ2n) is 7.11. The van der Waals surface area contributed by atoms with Crippen molar-refractivity contribution in [2.45, 2.75) is 77.6 Å². The molecular formula is C23H33NO2. The molecule has 0 aliphatic heterocycles. The number of rotatable bonds is 14. The topological polar surface area (TPSA) is 61.1 Å². The Hall–Kier alpha value is -2.08. The van der Waals surface area contributed by atoms with E-state index in [4.69, 9.17) is 10.4 Å². The van der Waals surface area contributed by atoms with Crippen LogP contribution >= 0.6 is 0 Å². The number of carboxylic acids is 1. The highest BCUT2D eigenvalue weighted by Gasteiger charge is 2.10. The van der Waals surface area contributed by atoms with E-state index in [1.807, 2.05) is 18.2 Å². The lowest BCUT2D eigenvalue weighted by Crippen LogP contribution is -2.05. The van der Waals surface area contributed by atoms with Crippen molar-refractivity contribution < 1.29 is 9.90 Å². The zero-order valence-electron chi connectivity index (χ0n) is 16.1. The van der Waals surface area contributed by atoms with E-state index in [1.165, 1.54) is 56.6 Å². The monoisotopic (exact) mass is 355 g/mol.